The van der Waals surface area contributed by atoms with Crippen LogP contribution in [0.4, 0.5) is 0 Å². The first kappa shape index (κ1) is 18.8. The molecule has 0 aliphatic heterocycles. The summed E-state index contributed by atoms with van der Waals surface area (Å²) in [4.78, 5) is 14.4. The van der Waals surface area contributed by atoms with Crippen molar-refractivity contribution in [3.05, 3.63) is 29.8 Å². The van der Waals surface area contributed by atoms with Gasteiger partial charge in [-0.2, -0.15) is 0 Å². The maximum absolute atomic E-state index is 12.5. The third-order valence-electron chi connectivity index (χ3n) is 4.45. The van der Waals surface area contributed by atoms with Crippen LogP contribution < -0.4 is 0 Å². The zero-order chi connectivity index (χ0) is 18.9. The SMILES string of the molecule is CC(c1ccc(S(C)(=O)=O)cc1)N(C)C(=O)CSc1nnnn1C1CC1. The normalized spacial score (nSPS) is 15.7. The van der Waals surface area contributed by atoms with E-state index < -0.39 is 9.84 Å². The number of hydrogen-bond donors (Lipinski definition) is 0. The molecule has 1 fully saturated rings. The van der Waals surface area contributed by atoms with E-state index in [9.17, 15) is 13.2 Å². The van der Waals surface area contributed by atoms with E-state index in [0.29, 0.717) is 11.2 Å². The zero-order valence-corrected chi connectivity index (χ0v) is 16.5. The van der Waals surface area contributed by atoms with Gasteiger partial charge in [0.2, 0.25) is 11.1 Å². The van der Waals surface area contributed by atoms with Crippen molar-refractivity contribution in [3.63, 3.8) is 0 Å². The highest BCUT2D eigenvalue weighted by molar-refractivity contribution is 7.99. The number of hydrogen-bond acceptors (Lipinski definition) is 7. The van der Waals surface area contributed by atoms with E-state index in [1.165, 1.54) is 18.0 Å². The summed E-state index contributed by atoms with van der Waals surface area (Å²) >= 11 is 1.33. The Morgan fingerprint density at radius 3 is 2.58 bits per heavy atom. The molecule has 0 bridgehead atoms. The van der Waals surface area contributed by atoms with Crippen LogP contribution >= 0.6 is 11.8 Å². The van der Waals surface area contributed by atoms with Crippen LogP contribution in [0.1, 0.15) is 37.4 Å². The highest BCUT2D eigenvalue weighted by Crippen LogP contribution is 2.36. The van der Waals surface area contributed by atoms with E-state index in [0.717, 1.165) is 18.4 Å². The predicted molar refractivity (Wildman–Crippen MR) is 97.5 cm³/mol. The van der Waals surface area contributed by atoms with Crippen molar-refractivity contribution in [2.45, 2.75) is 41.9 Å². The number of carbonyl (C=O) groups is 1. The molecule has 140 valence electrons. The largest absolute Gasteiger partial charge is 0.338 e. The summed E-state index contributed by atoms with van der Waals surface area (Å²) in [5.41, 5.74) is 0.876. The lowest BCUT2D eigenvalue weighted by molar-refractivity contribution is -0.128. The fourth-order valence-corrected chi connectivity index (χ4v) is 3.99. The number of sulfone groups is 1. The number of rotatable bonds is 7. The van der Waals surface area contributed by atoms with E-state index in [1.54, 1.807) is 40.9 Å². The van der Waals surface area contributed by atoms with E-state index in [-0.39, 0.29) is 22.6 Å². The van der Waals surface area contributed by atoms with Gasteiger partial charge in [0.25, 0.3) is 0 Å². The Bertz CT molecular complexity index is 891. The predicted octanol–water partition coefficient (Wildman–Crippen LogP) is 1.72. The molecule has 1 atom stereocenters. The van der Waals surface area contributed by atoms with Crippen LogP contribution in [0.25, 0.3) is 0 Å². The lowest BCUT2D eigenvalue weighted by atomic mass is 10.1. The second kappa shape index (κ2) is 7.36. The van der Waals surface area contributed by atoms with E-state index in [4.69, 9.17) is 0 Å². The van der Waals surface area contributed by atoms with Gasteiger partial charge >= 0.3 is 0 Å². The van der Waals surface area contributed by atoms with Crippen LogP contribution in [0, 0.1) is 0 Å². The summed E-state index contributed by atoms with van der Waals surface area (Å²) in [6, 6.07) is 6.82. The molecule has 8 nitrogen and oxygen atoms in total. The number of aromatic nitrogens is 4. The van der Waals surface area contributed by atoms with E-state index in [2.05, 4.69) is 15.5 Å². The van der Waals surface area contributed by atoms with Gasteiger partial charge < -0.3 is 4.90 Å². The molecule has 1 aromatic carbocycles. The Morgan fingerprint density at radius 1 is 1.35 bits per heavy atom. The molecular weight excluding hydrogens is 374 g/mol. The topological polar surface area (TPSA) is 98.1 Å². The summed E-state index contributed by atoms with van der Waals surface area (Å²) in [7, 11) is -1.49. The molecule has 1 aromatic heterocycles. The first-order valence-electron chi connectivity index (χ1n) is 8.23. The molecule has 10 heteroatoms. The lowest BCUT2D eigenvalue weighted by Gasteiger charge is -2.25. The van der Waals surface area contributed by atoms with Gasteiger partial charge in [-0.1, -0.05) is 23.9 Å². The molecule has 1 heterocycles. The Balaban J connectivity index is 1.61. The number of amides is 1. The first-order valence-corrected chi connectivity index (χ1v) is 11.1. The zero-order valence-electron chi connectivity index (χ0n) is 14.9. The molecule has 1 amide bonds. The number of benzene rings is 1. The lowest BCUT2D eigenvalue weighted by Crippen LogP contribution is -2.31. The minimum atomic E-state index is -3.23. The molecule has 0 spiro atoms. The summed E-state index contributed by atoms with van der Waals surface area (Å²) in [5, 5.41) is 12.3. The summed E-state index contributed by atoms with van der Waals surface area (Å²) in [6.07, 6.45) is 3.33. The summed E-state index contributed by atoms with van der Waals surface area (Å²) < 4.78 is 24.9. The minimum Gasteiger partial charge on any atom is -0.338 e. The number of tetrazole rings is 1. The molecule has 26 heavy (non-hydrogen) atoms. The monoisotopic (exact) mass is 395 g/mol. The Morgan fingerprint density at radius 2 is 2.00 bits per heavy atom. The van der Waals surface area contributed by atoms with Gasteiger partial charge in [0.15, 0.2) is 9.84 Å². The van der Waals surface area contributed by atoms with Gasteiger partial charge in [-0.15, -0.1) is 5.10 Å². The molecule has 1 saturated carbocycles. The fourth-order valence-electron chi connectivity index (χ4n) is 2.49. The van der Waals surface area contributed by atoms with E-state index in [1.807, 2.05) is 6.92 Å². The second-order valence-corrected chi connectivity index (χ2v) is 9.41. The second-order valence-electron chi connectivity index (χ2n) is 6.45. The van der Waals surface area contributed by atoms with Crippen LogP contribution in [-0.4, -0.2) is 58.5 Å². The molecular formula is C16H21N5O3S2. The number of thioether (sulfide) groups is 1. The van der Waals surface area contributed by atoms with Gasteiger partial charge in [-0.3, -0.25) is 4.79 Å². The van der Waals surface area contributed by atoms with Crippen LogP contribution in [0.15, 0.2) is 34.3 Å². The van der Waals surface area contributed by atoms with Crippen molar-refractivity contribution in [2.24, 2.45) is 0 Å². The molecule has 0 radical (unpaired) electrons. The van der Waals surface area contributed by atoms with Crippen molar-refractivity contribution in [1.29, 1.82) is 0 Å². The average molecular weight is 396 g/mol. The van der Waals surface area contributed by atoms with Crippen LogP contribution in [0.5, 0.6) is 0 Å². The standard InChI is InChI=1S/C16H21N5O3S2/c1-11(12-4-8-14(9-5-12)26(3,23)24)20(2)15(22)10-25-16-17-18-19-21(16)13-6-7-13/h4-5,8-9,11,13H,6-7,10H2,1-3H3. The molecule has 0 saturated heterocycles. The van der Waals surface area contributed by atoms with Crippen LogP contribution in [0.2, 0.25) is 0 Å². The van der Waals surface area contributed by atoms with Crippen molar-refractivity contribution in [3.8, 4) is 0 Å². The van der Waals surface area contributed by atoms with E-state index >= 15 is 0 Å². The van der Waals surface area contributed by atoms with Crippen molar-refractivity contribution in [2.75, 3.05) is 19.1 Å². The van der Waals surface area contributed by atoms with Gasteiger partial charge in [-0.05, 0) is 47.9 Å². The fraction of sp³-hybridized carbons (Fsp3) is 0.500. The average Bonchev–Trinajstić information content (AvgIpc) is 3.35. The molecule has 1 aliphatic rings. The number of nitrogens with zero attached hydrogens (tertiary/aromatic N) is 5. The molecule has 1 unspecified atom stereocenters. The third kappa shape index (κ3) is 4.24. The smallest absolute Gasteiger partial charge is 0.233 e. The van der Waals surface area contributed by atoms with Gasteiger partial charge in [-0.25, -0.2) is 13.1 Å². The van der Waals surface area contributed by atoms with Crippen LogP contribution in [0.3, 0.4) is 0 Å². The molecule has 0 N–H and O–H groups in total. The summed E-state index contributed by atoms with van der Waals surface area (Å²) in [6.45, 7) is 1.91. The minimum absolute atomic E-state index is 0.0416. The highest BCUT2D eigenvalue weighted by Gasteiger charge is 2.28. The van der Waals surface area contributed by atoms with Gasteiger partial charge in [0, 0.05) is 13.3 Å². The third-order valence-corrected chi connectivity index (χ3v) is 6.49. The Labute approximate surface area is 156 Å². The molecule has 3 rings (SSSR count). The highest BCUT2D eigenvalue weighted by atomic mass is 32.2. The van der Waals surface area contributed by atoms with Crippen molar-refractivity contribution < 1.29 is 13.2 Å². The van der Waals surface area contributed by atoms with Crippen molar-refractivity contribution in [1.82, 2.24) is 25.1 Å². The Kier molecular flexibility index (Phi) is 5.33. The van der Waals surface area contributed by atoms with Crippen LogP contribution in [-0.2, 0) is 14.6 Å². The van der Waals surface area contributed by atoms with Gasteiger partial charge in [0.1, 0.15) is 0 Å². The Hall–Kier alpha value is -1.94. The maximum atomic E-state index is 12.5. The first-order chi connectivity index (χ1) is 12.3. The molecule has 2 aromatic rings. The van der Waals surface area contributed by atoms with Crippen molar-refractivity contribution >= 4 is 27.5 Å². The maximum Gasteiger partial charge on any atom is 0.233 e. The quantitative estimate of drug-likeness (QED) is 0.658. The molecule has 1 aliphatic carbocycles. The number of carbonyl (C=O) groups excluding carboxylic acids is 1. The van der Waals surface area contributed by atoms with Gasteiger partial charge in [0.05, 0.1) is 22.7 Å². The summed E-state index contributed by atoms with van der Waals surface area (Å²) in [5.74, 6) is 0.204.